The highest BCUT2D eigenvalue weighted by Crippen LogP contribution is 2.13. The number of benzene rings is 1. The van der Waals surface area contributed by atoms with Crippen LogP contribution in [0.3, 0.4) is 0 Å². The first-order valence-corrected chi connectivity index (χ1v) is 13.3. The smallest absolute Gasteiger partial charge is 0.326 e. The molecule has 4 amide bonds. The van der Waals surface area contributed by atoms with Gasteiger partial charge < -0.3 is 49.1 Å². The molecule has 0 aromatic heterocycles. The second-order valence-corrected chi connectivity index (χ2v) is 9.76. The highest BCUT2D eigenvalue weighted by Gasteiger charge is 2.32. The average Bonchev–Trinajstić information content (AvgIpc) is 2.91. The summed E-state index contributed by atoms with van der Waals surface area (Å²) in [7, 11) is 0. The number of carboxylic acid groups (broad SMARTS) is 1. The maximum atomic E-state index is 13.3. The second kappa shape index (κ2) is 17.3. The summed E-state index contributed by atoms with van der Waals surface area (Å²) in [4.78, 5) is 66.1. The summed E-state index contributed by atoms with van der Waals surface area (Å²) in [5.74, 6) is -4.66. The molecule has 1 rings (SSSR count). The summed E-state index contributed by atoms with van der Waals surface area (Å²) in [6, 6.07) is 1.44. The van der Waals surface area contributed by atoms with Gasteiger partial charge in [0.05, 0.1) is 6.04 Å². The number of nitrogens with one attached hydrogen (secondary N) is 3. The van der Waals surface area contributed by atoms with Crippen LogP contribution < -0.4 is 38.9 Å². The quantitative estimate of drug-likeness (QED) is 0.0533. The lowest BCUT2D eigenvalue weighted by molar-refractivity contribution is -0.142. The van der Waals surface area contributed by atoms with Crippen molar-refractivity contribution in [3.05, 3.63) is 29.8 Å². The number of guanidine groups is 1. The molecule has 0 aliphatic rings. The van der Waals surface area contributed by atoms with Crippen molar-refractivity contribution in [2.75, 3.05) is 6.54 Å². The second-order valence-electron chi connectivity index (χ2n) is 9.76. The van der Waals surface area contributed by atoms with Crippen molar-refractivity contribution in [3.63, 3.8) is 0 Å². The average molecular weight is 579 g/mol. The van der Waals surface area contributed by atoms with E-state index >= 15 is 0 Å². The fraction of sp³-hybridized carbons (Fsp3) is 0.538. The van der Waals surface area contributed by atoms with Crippen molar-refractivity contribution in [2.24, 2.45) is 33.8 Å². The molecular formula is C26H42N8O7. The number of nitrogens with two attached hydrogens (primary N) is 4. The molecule has 0 aliphatic carbocycles. The topological polar surface area (TPSA) is 278 Å². The van der Waals surface area contributed by atoms with Crippen molar-refractivity contribution in [2.45, 2.75) is 76.5 Å². The van der Waals surface area contributed by atoms with Crippen molar-refractivity contribution >= 4 is 35.6 Å². The molecule has 1 aromatic rings. The number of amides is 4. The normalized spacial score (nSPS) is 14.4. The molecule has 5 atom stereocenters. The van der Waals surface area contributed by atoms with Crippen molar-refractivity contribution in [3.8, 4) is 5.75 Å². The van der Waals surface area contributed by atoms with Gasteiger partial charge in [0.2, 0.25) is 23.6 Å². The zero-order valence-corrected chi connectivity index (χ0v) is 23.3. The van der Waals surface area contributed by atoms with Gasteiger partial charge in [-0.2, -0.15) is 0 Å². The fourth-order valence-electron chi connectivity index (χ4n) is 3.79. The number of phenolic OH excluding ortho intramolecular Hbond substituents is 1. The van der Waals surface area contributed by atoms with Crippen LogP contribution in [0.5, 0.6) is 5.75 Å². The van der Waals surface area contributed by atoms with Gasteiger partial charge in [0.1, 0.15) is 23.9 Å². The number of hydrogen-bond donors (Lipinski definition) is 9. The van der Waals surface area contributed by atoms with Crippen LogP contribution in [0.25, 0.3) is 0 Å². The molecule has 15 nitrogen and oxygen atoms in total. The van der Waals surface area contributed by atoms with E-state index < -0.39 is 53.8 Å². The minimum atomic E-state index is -1.32. The molecule has 41 heavy (non-hydrogen) atoms. The van der Waals surface area contributed by atoms with Crippen LogP contribution in [0.4, 0.5) is 0 Å². The van der Waals surface area contributed by atoms with E-state index in [4.69, 9.17) is 22.9 Å². The van der Waals surface area contributed by atoms with Crippen molar-refractivity contribution in [1.29, 1.82) is 0 Å². The largest absolute Gasteiger partial charge is 0.508 e. The lowest BCUT2D eigenvalue weighted by atomic mass is 9.96. The van der Waals surface area contributed by atoms with Gasteiger partial charge in [-0.1, -0.05) is 32.4 Å². The van der Waals surface area contributed by atoms with Crippen LogP contribution in [0.2, 0.25) is 0 Å². The number of carbonyl (C=O) groups excluding carboxylic acids is 4. The Kier molecular flexibility index (Phi) is 14.6. The summed E-state index contributed by atoms with van der Waals surface area (Å²) >= 11 is 0. The number of primary amides is 1. The summed E-state index contributed by atoms with van der Waals surface area (Å²) in [5.41, 5.74) is 22.5. The number of hydrogen-bond acceptors (Lipinski definition) is 8. The standard InChI is InChI=1S/C26H42N8O7/c1-3-14(2)21(34-22(37)17(27)13-15-6-8-16(35)9-7-15)24(39)32-18(10-11-20(28)36)23(38)33-19(25(40)41)5-4-12-31-26(29)30/h6-9,14,17-19,21,35H,3-5,10-13,27H2,1-2H3,(H2,28,36)(H,32,39)(H,33,38)(H,34,37)(H,40,41)(H4,29,30,31). The Morgan fingerprint density at radius 1 is 0.902 bits per heavy atom. The van der Waals surface area contributed by atoms with Crippen LogP contribution >= 0.6 is 0 Å². The lowest BCUT2D eigenvalue weighted by Crippen LogP contribution is -2.58. The maximum Gasteiger partial charge on any atom is 0.326 e. The molecule has 228 valence electrons. The van der Waals surface area contributed by atoms with Gasteiger partial charge in [-0.15, -0.1) is 0 Å². The monoisotopic (exact) mass is 578 g/mol. The molecule has 0 saturated carbocycles. The van der Waals surface area contributed by atoms with E-state index in [0.717, 1.165) is 0 Å². The summed E-state index contributed by atoms with van der Waals surface area (Å²) < 4.78 is 0. The number of aromatic hydroxyl groups is 1. The molecule has 5 unspecified atom stereocenters. The molecule has 0 bridgehead atoms. The number of aliphatic carboxylic acids is 1. The molecule has 0 saturated heterocycles. The van der Waals surface area contributed by atoms with E-state index in [0.29, 0.717) is 12.0 Å². The summed E-state index contributed by atoms with van der Waals surface area (Å²) in [5, 5.41) is 26.5. The Morgan fingerprint density at radius 2 is 1.51 bits per heavy atom. The third kappa shape index (κ3) is 13.0. The van der Waals surface area contributed by atoms with Crippen LogP contribution in [-0.2, 0) is 30.4 Å². The van der Waals surface area contributed by atoms with Gasteiger partial charge in [-0.05, 0) is 49.3 Å². The number of carboxylic acids is 1. The number of nitrogens with zero attached hydrogens (tertiary/aromatic N) is 1. The predicted octanol–water partition coefficient (Wildman–Crippen LogP) is -1.83. The van der Waals surface area contributed by atoms with Crippen molar-refractivity contribution in [1.82, 2.24) is 16.0 Å². The first-order chi connectivity index (χ1) is 19.2. The molecule has 0 fully saturated rings. The third-order valence-corrected chi connectivity index (χ3v) is 6.39. The molecule has 13 N–H and O–H groups in total. The van der Waals surface area contributed by atoms with Gasteiger partial charge in [0.25, 0.3) is 0 Å². The molecule has 0 radical (unpaired) electrons. The Morgan fingerprint density at radius 3 is 2.05 bits per heavy atom. The molecule has 15 heteroatoms. The maximum absolute atomic E-state index is 13.3. The third-order valence-electron chi connectivity index (χ3n) is 6.39. The minimum absolute atomic E-state index is 0.00118. The van der Waals surface area contributed by atoms with E-state index in [9.17, 15) is 34.2 Å². The number of aliphatic imine (C=N–C) groups is 1. The Hall–Kier alpha value is -4.40. The highest BCUT2D eigenvalue weighted by molar-refractivity contribution is 5.94. The van der Waals surface area contributed by atoms with Crippen LogP contribution in [-0.4, -0.2) is 76.5 Å². The number of phenols is 1. The summed E-state index contributed by atoms with van der Waals surface area (Å²) in [6.07, 6.45) is 0.414. The molecule has 0 spiro atoms. The predicted molar refractivity (Wildman–Crippen MR) is 151 cm³/mol. The lowest BCUT2D eigenvalue weighted by Gasteiger charge is -2.28. The van der Waals surface area contributed by atoms with E-state index in [-0.39, 0.29) is 56.3 Å². The zero-order chi connectivity index (χ0) is 31.1. The highest BCUT2D eigenvalue weighted by atomic mass is 16.4. The Labute approximate surface area is 238 Å². The van der Waals surface area contributed by atoms with Gasteiger partial charge in [0, 0.05) is 13.0 Å². The first-order valence-electron chi connectivity index (χ1n) is 13.3. The van der Waals surface area contributed by atoms with Gasteiger partial charge in [0.15, 0.2) is 5.96 Å². The molecule has 0 aliphatic heterocycles. The van der Waals surface area contributed by atoms with Crippen LogP contribution in [0.1, 0.15) is 51.5 Å². The first kappa shape index (κ1) is 34.6. The van der Waals surface area contributed by atoms with E-state index in [1.165, 1.54) is 12.1 Å². The van der Waals surface area contributed by atoms with Gasteiger partial charge in [-0.25, -0.2) is 4.79 Å². The molecule has 0 heterocycles. The fourth-order valence-corrected chi connectivity index (χ4v) is 3.79. The van der Waals surface area contributed by atoms with Gasteiger partial charge in [-0.3, -0.25) is 24.2 Å². The van der Waals surface area contributed by atoms with Crippen molar-refractivity contribution < 1.29 is 34.2 Å². The summed E-state index contributed by atoms with van der Waals surface area (Å²) in [6.45, 7) is 3.69. The van der Waals surface area contributed by atoms with E-state index in [1.807, 2.05) is 6.92 Å². The molecule has 1 aromatic carbocycles. The number of rotatable bonds is 18. The van der Waals surface area contributed by atoms with Gasteiger partial charge >= 0.3 is 5.97 Å². The number of carbonyl (C=O) groups is 5. The zero-order valence-electron chi connectivity index (χ0n) is 23.3. The van der Waals surface area contributed by atoms with E-state index in [1.54, 1.807) is 19.1 Å². The Bertz CT molecular complexity index is 1080. The molecular weight excluding hydrogens is 536 g/mol. The van der Waals surface area contributed by atoms with Crippen LogP contribution in [0.15, 0.2) is 29.3 Å². The van der Waals surface area contributed by atoms with Crippen LogP contribution in [0, 0.1) is 5.92 Å². The van der Waals surface area contributed by atoms with E-state index in [2.05, 4.69) is 20.9 Å². The Balaban J connectivity index is 3.00. The minimum Gasteiger partial charge on any atom is -0.508 e. The SMILES string of the molecule is CCC(C)C(NC(=O)C(N)Cc1ccc(O)cc1)C(=O)NC(CCC(N)=O)C(=O)NC(CCCN=C(N)N)C(=O)O.